The minimum Gasteiger partial charge on any atom is -0.494 e. The summed E-state index contributed by atoms with van der Waals surface area (Å²) in [5.74, 6) is 1.32. The monoisotopic (exact) mass is 284 g/mol. The first-order chi connectivity index (χ1) is 10.0. The SMILES string of the molecule is Cc1cc(C)cc(OCCC(C#N)c2c(C)noc2C)c1. The van der Waals surface area contributed by atoms with Gasteiger partial charge in [0.15, 0.2) is 0 Å². The summed E-state index contributed by atoms with van der Waals surface area (Å²) in [6, 6.07) is 8.43. The zero-order chi connectivity index (χ0) is 15.4. The fraction of sp³-hybridized carbons (Fsp3) is 0.412. The summed E-state index contributed by atoms with van der Waals surface area (Å²) in [6.45, 7) is 8.28. The summed E-state index contributed by atoms with van der Waals surface area (Å²) < 4.78 is 10.9. The number of nitrogens with zero attached hydrogens (tertiary/aromatic N) is 2. The van der Waals surface area contributed by atoms with Gasteiger partial charge < -0.3 is 9.26 Å². The number of aromatic nitrogens is 1. The second-order valence-electron chi connectivity index (χ2n) is 5.38. The molecule has 0 spiro atoms. The molecular weight excluding hydrogens is 264 g/mol. The lowest BCUT2D eigenvalue weighted by Crippen LogP contribution is -2.06. The van der Waals surface area contributed by atoms with E-state index >= 15 is 0 Å². The van der Waals surface area contributed by atoms with Crippen LogP contribution in [0.4, 0.5) is 0 Å². The molecule has 0 N–H and O–H groups in total. The molecule has 0 amide bonds. The Bertz CT molecular complexity index is 628. The normalized spacial score (nSPS) is 12.0. The standard InChI is InChI=1S/C17H20N2O2/c1-11-7-12(2)9-16(8-11)20-6-5-15(10-18)17-13(3)19-21-14(17)4/h7-9,15H,5-6H2,1-4H3. The van der Waals surface area contributed by atoms with Crippen molar-refractivity contribution in [2.45, 2.75) is 40.0 Å². The van der Waals surface area contributed by atoms with Crippen molar-refractivity contribution in [3.63, 3.8) is 0 Å². The molecule has 0 radical (unpaired) electrons. The molecule has 2 rings (SSSR count). The first-order valence-corrected chi connectivity index (χ1v) is 7.04. The van der Waals surface area contributed by atoms with Crippen LogP contribution in [0.25, 0.3) is 0 Å². The number of ether oxygens (including phenoxy) is 1. The summed E-state index contributed by atoms with van der Waals surface area (Å²) in [5, 5.41) is 13.3. The molecule has 1 aromatic heterocycles. The van der Waals surface area contributed by atoms with Crippen LogP contribution in [0.1, 0.15) is 40.5 Å². The van der Waals surface area contributed by atoms with Gasteiger partial charge in [0.2, 0.25) is 0 Å². The van der Waals surface area contributed by atoms with Crippen molar-refractivity contribution in [1.82, 2.24) is 5.16 Å². The second kappa shape index (κ2) is 6.45. The van der Waals surface area contributed by atoms with Crippen molar-refractivity contribution in [3.05, 3.63) is 46.3 Å². The van der Waals surface area contributed by atoms with Crippen LogP contribution in [0, 0.1) is 39.0 Å². The third-order valence-electron chi connectivity index (χ3n) is 3.46. The van der Waals surface area contributed by atoms with E-state index in [4.69, 9.17) is 9.26 Å². The van der Waals surface area contributed by atoms with E-state index in [1.165, 1.54) is 11.1 Å². The Morgan fingerprint density at radius 2 is 1.86 bits per heavy atom. The fourth-order valence-electron chi connectivity index (χ4n) is 2.57. The van der Waals surface area contributed by atoms with Crippen LogP contribution >= 0.6 is 0 Å². The molecule has 1 heterocycles. The van der Waals surface area contributed by atoms with Crippen LogP contribution in [0.2, 0.25) is 0 Å². The lowest BCUT2D eigenvalue weighted by atomic mass is 9.96. The van der Waals surface area contributed by atoms with Gasteiger partial charge in [0.05, 0.1) is 24.3 Å². The molecule has 0 aliphatic rings. The molecule has 0 aliphatic heterocycles. The van der Waals surface area contributed by atoms with Gasteiger partial charge in [-0.05, 0) is 51.0 Å². The zero-order valence-electron chi connectivity index (χ0n) is 12.9. The van der Waals surface area contributed by atoms with E-state index in [1.807, 2.05) is 39.8 Å². The predicted octanol–water partition coefficient (Wildman–Crippen LogP) is 3.98. The third-order valence-corrected chi connectivity index (χ3v) is 3.46. The highest BCUT2D eigenvalue weighted by Gasteiger charge is 2.20. The van der Waals surface area contributed by atoms with Gasteiger partial charge in [-0.2, -0.15) is 5.26 Å². The van der Waals surface area contributed by atoms with Gasteiger partial charge in [-0.25, -0.2) is 0 Å². The molecule has 1 atom stereocenters. The van der Waals surface area contributed by atoms with Gasteiger partial charge in [0.25, 0.3) is 0 Å². The Balaban J connectivity index is 2.00. The predicted molar refractivity (Wildman–Crippen MR) is 80.4 cm³/mol. The van der Waals surface area contributed by atoms with E-state index in [0.717, 1.165) is 17.0 Å². The zero-order valence-corrected chi connectivity index (χ0v) is 12.9. The molecule has 0 saturated heterocycles. The molecule has 2 aromatic rings. The molecule has 21 heavy (non-hydrogen) atoms. The van der Waals surface area contributed by atoms with Gasteiger partial charge in [-0.1, -0.05) is 11.2 Å². The van der Waals surface area contributed by atoms with Gasteiger partial charge in [0, 0.05) is 12.0 Å². The Kier molecular flexibility index (Phi) is 4.64. The Labute approximate surface area is 125 Å². The van der Waals surface area contributed by atoms with Crippen LogP contribution in [-0.4, -0.2) is 11.8 Å². The van der Waals surface area contributed by atoms with E-state index in [1.54, 1.807) is 0 Å². The van der Waals surface area contributed by atoms with Crippen LogP contribution in [0.15, 0.2) is 22.7 Å². The van der Waals surface area contributed by atoms with E-state index in [2.05, 4.69) is 17.3 Å². The molecule has 0 fully saturated rings. The van der Waals surface area contributed by atoms with Crippen molar-refractivity contribution in [1.29, 1.82) is 5.26 Å². The Morgan fingerprint density at radius 1 is 1.19 bits per heavy atom. The summed E-state index contributed by atoms with van der Waals surface area (Å²) in [6.07, 6.45) is 0.617. The van der Waals surface area contributed by atoms with Crippen LogP contribution in [-0.2, 0) is 0 Å². The summed E-state index contributed by atoms with van der Waals surface area (Å²) in [4.78, 5) is 0. The average molecular weight is 284 g/mol. The fourth-order valence-corrected chi connectivity index (χ4v) is 2.57. The van der Waals surface area contributed by atoms with Gasteiger partial charge in [-0.3, -0.25) is 0 Å². The lowest BCUT2D eigenvalue weighted by Gasteiger charge is -2.11. The summed E-state index contributed by atoms with van der Waals surface area (Å²) in [7, 11) is 0. The quantitative estimate of drug-likeness (QED) is 0.833. The lowest BCUT2D eigenvalue weighted by molar-refractivity contribution is 0.305. The highest BCUT2D eigenvalue weighted by molar-refractivity contribution is 5.33. The maximum atomic E-state index is 9.36. The van der Waals surface area contributed by atoms with E-state index in [-0.39, 0.29) is 5.92 Å². The second-order valence-corrected chi connectivity index (χ2v) is 5.38. The largest absolute Gasteiger partial charge is 0.494 e. The number of nitriles is 1. The smallest absolute Gasteiger partial charge is 0.138 e. The molecule has 0 aliphatic carbocycles. The van der Waals surface area contributed by atoms with Crippen molar-refractivity contribution >= 4 is 0 Å². The minimum absolute atomic E-state index is 0.248. The summed E-state index contributed by atoms with van der Waals surface area (Å²) in [5.41, 5.74) is 4.02. The number of aryl methyl sites for hydroxylation is 4. The summed E-state index contributed by atoms with van der Waals surface area (Å²) >= 11 is 0. The molecule has 0 bridgehead atoms. The maximum absolute atomic E-state index is 9.36. The number of hydrogen-bond donors (Lipinski definition) is 0. The van der Waals surface area contributed by atoms with Crippen molar-refractivity contribution in [2.75, 3.05) is 6.61 Å². The van der Waals surface area contributed by atoms with Crippen molar-refractivity contribution in [2.24, 2.45) is 0 Å². The molecule has 0 saturated carbocycles. The first-order valence-electron chi connectivity index (χ1n) is 7.04. The number of rotatable bonds is 5. The third kappa shape index (κ3) is 3.63. The van der Waals surface area contributed by atoms with Crippen molar-refractivity contribution < 1.29 is 9.26 Å². The number of benzene rings is 1. The Hall–Kier alpha value is -2.28. The minimum atomic E-state index is -0.248. The molecule has 110 valence electrons. The molecule has 4 heteroatoms. The highest BCUT2D eigenvalue weighted by atomic mass is 16.5. The van der Waals surface area contributed by atoms with E-state index in [9.17, 15) is 5.26 Å². The molecule has 1 aromatic carbocycles. The number of hydrogen-bond acceptors (Lipinski definition) is 4. The maximum Gasteiger partial charge on any atom is 0.138 e. The Morgan fingerprint density at radius 3 is 2.38 bits per heavy atom. The molecule has 1 unspecified atom stereocenters. The first kappa shape index (κ1) is 15.1. The van der Waals surface area contributed by atoms with Gasteiger partial charge >= 0.3 is 0 Å². The molecule has 4 nitrogen and oxygen atoms in total. The highest BCUT2D eigenvalue weighted by Crippen LogP contribution is 2.26. The van der Waals surface area contributed by atoms with Crippen LogP contribution in [0.3, 0.4) is 0 Å². The topological polar surface area (TPSA) is 59.0 Å². The molecular formula is C17H20N2O2. The van der Waals surface area contributed by atoms with Crippen LogP contribution in [0.5, 0.6) is 5.75 Å². The van der Waals surface area contributed by atoms with Crippen molar-refractivity contribution in [3.8, 4) is 11.8 Å². The van der Waals surface area contributed by atoms with Crippen LogP contribution < -0.4 is 4.74 Å². The van der Waals surface area contributed by atoms with Gasteiger partial charge in [-0.15, -0.1) is 0 Å². The van der Waals surface area contributed by atoms with E-state index < -0.39 is 0 Å². The van der Waals surface area contributed by atoms with Gasteiger partial charge in [0.1, 0.15) is 11.5 Å². The average Bonchev–Trinajstić information content (AvgIpc) is 2.74. The van der Waals surface area contributed by atoms with E-state index in [0.29, 0.717) is 18.8 Å².